The van der Waals surface area contributed by atoms with E-state index in [-0.39, 0.29) is 0 Å². The zero-order chi connectivity index (χ0) is 18.9. The molecule has 3 aromatic carbocycles. The van der Waals surface area contributed by atoms with Crippen LogP contribution in [0.4, 0.5) is 0 Å². The first-order chi connectivity index (χ1) is 14.4. The average Bonchev–Trinajstić information content (AvgIpc) is 3.43. The summed E-state index contributed by atoms with van der Waals surface area (Å²) >= 11 is 3.66. The Hall–Kier alpha value is -3.21. The lowest BCUT2D eigenvalue weighted by Crippen LogP contribution is -1.92. The molecule has 0 aliphatic carbocycles. The second-order valence-electron chi connectivity index (χ2n) is 7.29. The van der Waals surface area contributed by atoms with Crippen LogP contribution in [0.5, 0.6) is 0 Å². The maximum absolute atomic E-state index is 4.78. The molecular formula is C25H14N2S2. The van der Waals surface area contributed by atoms with Crippen LogP contribution in [0.25, 0.3) is 57.9 Å². The van der Waals surface area contributed by atoms with Gasteiger partial charge in [0.25, 0.3) is 0 Å². The molecule has 0 N–H and O–H groups in total. The van der Waals surface area contributed by atoms with Crippen LogP contribution in [-0.2, 0) is 0 Å². The topological polar surface area (TPSA) is 17.8 Å². The van der Waals surface area contributed by atoms with Gasteiger partial charge < -0.3 is 4.57 Å². The molecular weight excluding hydrogens is 392 g/mol. The fraction of sp³-hybridized carbons (Fsp3) is 0. The van der Waals surface area contributed by atoms with Crippen molar-refractivity contribution < 1.29 is 0 Å². The van der Waals surface area contributed by atoms with Crippen molar-refractivity contribution in [2.24, 2.45) is 0 Å². The molecule has 136 valence electrons. The summed E-state index contributed by atoms with van der Waals surface area (Å²) in [6.07, 6.45) is 1.90. The zero-order valence-corrected chi connectivity index (χ0v) is 16.9. The minimum Gasteiger partial charge on any atom is -0.306 e. The van der Waals surface area contributed by atoms with E-state index in [1.807, 2.05) is 23.6 Å². The van der Waals surface area contributed by atoms with Gasteiger partial charge in [-0.05, 0) is 36.4 Å². The third-order valence-electron chi connectivity index (χ3n) is 5.72. The second kappa shape index (κ2) is 5.66. The van der Waals surface area contributed by atoms with Crippen LogP contribution < -0.4 is 0 Å². The third-order valence-corrected chi connectivity index (χ3v) is 7.80. The van der Waals surface area contributed by atoms with Gasteiger partial charge in [-0.15, -0.1) is 22.7 Å². The molecule has 4 aromatic heterocycles. The smallest absolute Gasteiger partial charge is 0.0963 e. The molecule has 0 amide bonds. The van der Waals surface area contributed by atoms with Crippen LogP contribution in [0.1, 0.15) is 0 Å². The SMILES string of the molecule is c1ccc2c(-n3c4cc5sc6ccccc6c5cc4c4ncccc43)csc2c1. The average molecular weight is 407 g/mol. The van der Waals surface area contributed by atoms with E-state index < -0.39 is 0 Å². The second-order valence-corrected chi connectivity index (χ2v) is 9.28. The van der Waals surface area contributed by atoms with E-state index in [0.29, 0.717) is 0 Å². The summed E-state index contributed by atoms with van der Waals surface area (Å²) in [5.41, 5.74) is 4.68. The molecule has 0 fully saturated rings. The number of rotatable bonds is 1. The van der Waals surface area contributed by atoms with Gasteiger partial charge in [-0.25, -0.2) is 0 Å². The molecule has 0 saturated carbocycles. The Balaban J connectivity index is 1.70. The summed E-state index contributed by atoms with van der Waals surface area (Å²) in [5, 5.41) is 7.42. The molecule has 0 radical (unpaired) electrons. The molecule has 29 heavy (non-hydrogen) atoms. The van der Waals surface area contributed by atoms with Crippen molar-refractivity contribution in [3.05, 3.63) is 84.4 Å². The normalized spacial score (nSPS) is 12.1. The minimum atomic E-state index is 1.06. The maximum Gasteiger partial charge on any atom is 0.0963 e. The number of benzene rings is 3. The molecule has 0 aliphatic heterocycles. The van der Waals surface area contributed by atoms with E-state index in [2.05, 4.69) is 76.7 Å². The van der Waals surface area contributed by atoms with Gasteiger partial charge in [0.15, 0.2) is 0 Å². The van der Waals surface area contributed by atoms with Gasteiger partial charge in [-0.3, -0.25) is 4.98 Å². The van der Waals surface area contributed by atoms with Crippen LogP contribution in [-0.4, -0.2) is 9.55 Å². The van der Waals surface area contributed by atoms with E-state index in [0.717, 1.165) is 11.0 Å². The molecule has 0 aliphatic rings. The van der Waals surface area contributed by atoms with Crippen molar-refractivity contribution in [1.29, 1.82) is 0 Å². The van der Waals surface area contributed by atoms with Crippen LogP contribution >= 0.6 is 22.7 Å². The number of hydrogen-bond donors (Lipinski definition) is 0. The summed E-state index contributed by atoms with van der Waals surface area (Å²) in [6.45, 7) is 0. The minimum absolute atomic E-state index is 1.06. The van der Waals surface area contributed by atoms with E-state index in [1.165, 1.54) is 46.8 Å². The van der Waals surface area contributed by atoms with E-state index >= 15 is 0 Å². The van der Waals surface area contributed by atoms with E-state index in [1.54, 1.807) is 11.3 Å². The predicted octanol–water partition coefficient (Wildman–Crippen LogP) is 7.76. The van der Waals surface area contributed by atoms with Crippen molar-refractivity contribution in [2.45, 2.75) is 0 Å². The Kier molecular flexibility index (Phi) is 3.06. The molecule has 0 spiro atoms. The molecule has 0 saturated heterocycles. The maximum atomic E-state index is 4.78. The number of nitrogens with zero attached hydrogens (tertiary/aromatic N) is 2. The van der Waals surface area contributed by atoms with Crippen molar-refractivity contribution in [2.75, 3.05) is 0 Å². The highest BCUT2D eigenvalue weighted by Gasteiger charge is 2.17. The monoisotopic (exact) mass is 406 g/mol. The Morgan fingerprint density at radius 1 is 0.655 bits per heavy atom. The number of aromatic nitrogens is 2. The molecule has 0 unspecified atom stereocenters. The van der Waals surface area contributed by atoms with E-state index in [4.69, 9.17) is 4.98 Å². The zero-order valence-electron chi connectivity index (χ0n) is 15.3. The summed E-state index contributed by atoms with van der Waals surface area (Å²) in [5.74, 6) is 0. The van der Waals surface area contributed by atoms with Crippen molar-refractivity contribution >= 4 is 74.9 Å². The lowest BCUT2D eigenvalue weighted by atomic mass is 10.1. The van der Waals surface area contributed by atoms with E-state index in [9.17, 15) is 0 Å². The Labute approximate surface area is 174 Å². The van der Waals surface area contributed by atoms with Crippen LogP contribution in [0, 0.1) is 0 Å². The highest BCUT2D eigenvalue weighted by atomic mass is 32.1. The fourth-order valence-corrected chi connectivity index (χ4v) is 6.49. The van der Waals surface area contributed by atoms with Gasteiger partial charge in [0.2, 0.25) is 0 Å². The third kappa shape index (κ3) is 2.07. The fourth-order valence-electron chi connectivity index (χ4n) is 4.45. The lowest BCUT2D eigenvalue weighted by Gasteiger charge is -2.06. The molecule has 0 bridgehead atoms. The standard InChI is InChI=1S/C25H14N2S2/c1-4-10-23-15(6-1)17-12-18-20(13-24(17)29-23)27(19-8-5-11-26-25(18)19)21-14-28-22-9-3-2-7-16(21)22/h1-14H. The Morgan fingerprint density at radius 3 is 2.41 bits per heavy atom. The number of pyridine rings is 1. The van der Waals surface area contributed by atoms with Gasteiger partial charge in [-0.1, -0.05) is 36.4 Å². The number of fused-ring (bicyclic) bond motifs is 7. The predicted molar refractivity (Wildman–Crippen MR) is 127 cm³/mol. The number of hydrogen-bond acceptors (Lipinski definition) is 3. The molecule has 0 atom stereocenters. The van der Waals surface area contributed by atoms with Crippen molar-refractivity contribution in [3.63, 3.8) is 0 Å². The first-order valence-corrected chi connectivity index (χ1v) is 11.3. The Morgan fingerprint density at radius 2 is 1.48 bits per heavy atom. The van der Waals surface area contributed by atoms with Gasteiger partial charge >= 0.3 is 0 Å². The van der Waals surface area contributed by atoms with Gasteiger partial charge in [0.1, 0.15) is 0 Å². The Bertz CT molecular complexity index is 1720. The highest BCUT2D eigenvalue weighted by molar-refractivity contribution is 7.25. The summed E-state index contributed by atoms with van der Waals surface area (Å²) in [7, 11) is 0. The molecule has 4 heterocycles. The van der Waals surface area contributed by atoms with Gasteiger partial charge in [0, 0.05) is 47.2 Å². The van der Waals surface area contributed by atoms with Crippen LogP contribution in [0.15, 0.2) is 84.4 Å². The van der Waals surface area contributed by atoms with Crippen LogP contribution in [0.3, 0.4) is 0 Å². The molecule has 4 heteroatoms. The molecule has 7 rings (SSSR count). The summed E-state index contributed by atoms with van der Waals surface area (Å²) in [4.78, 5) is 4.78. The number of thiophene rings is 2. The summed E-state index contributed by atoms with van der Waals surface area (Å²) in [6, 6.07) is 26.2. The highest BCUT2D eigenvalue weighted by Crippen LogP contribution is 2.41. The van der Waals surface area contributed by atoms with Crippen LogP contribution in [0.2, 0.25) is 0 Å². The van der Waals surface area contributed by atoms with Crippen molar-refractivity contribution in [1.82, 2.24) is 9.55 Å². The summed E-state index contributed by atoms with van der Waals surface area (Å²) < 4.78 is 6.35. The molecule has 2 nitrogen and oxygen atoms in total. The molecule has 7 aromatic rings. The lowest BCUT2D eigenvalue weighted by molar-refractivity contribution is 1.20. The largest absolute Gasteiger partial charge is 0.306 e. The quantitative estimate of drug-likeness (QED) is 0.272. The van der Waals surface area contributed by atoms with Gasteiger partial charge in [0.05, 0.1) is 22.2 Å². The first-order valence-electron chi connectivity index (χ1n) is 9.55. The van der Waals surface area contributed by atoms with Crippen molar-refractivity contribution in [3.8, 4) is 5.69 Å². The first kappa shape index (κ1) is 15.7. The van der Waals surface area contributed by atoms with Gasteiger partial charge in [-0.2, -0.15) is 0 Å².